The van der Waals surface area contributed by atoms with E-state index >= 15 is 0 Å². The maximum atomic E-state index is 12.3. The number of fused-ring (bicyclic) bond motifs is 1. The molecule has 0 fully saturated rings. The van der Waals surface area contributed by atoms with Gasteiger partial charge in [-0.25, -0.2) is 0 Å². The molecule has 22 heavy (non-hydrogen) atoms. The smallest absolute Gasteiger partial charge is 0.287 e. The van der Waals surface area contributed by atoms with Gasteiger partial charge in [0.1, 0.15) is 11.3 Å². The summed E-state index contributed by atoms with van der Waals surface area (Å²) < 4.78 is 10.9. The molecule has 0 unspecified atom stereocenters. The fourth-order valence-electron chi connectivity index (χ4n) is 2.43. The zero-order valence-corrected chi connectivity index (χ0v) is 12.6. The fraction of sp³-hybridized carbons (Fsp3) is 0.167. The van der Waals surface area contributed by atoms with E-state index in [1.165, 1.54) is 0 Å². The molecule has 0 bridgehead atoms. The van der Waals surface area contributed by atoms with Crippen molar-refractivity contribution < 1.29 is 13.9 Å². The molecular formula is C18H17NO3. The summed E-state index contributed by atoms with van der Waals surface area (Å²) in [6, 6.07) is 15.2. The lowest BCUT2D eigenvalue weighted by molar-refractivity contribution is 0.0925. The number of carbonyl (C=O) groups excluding carboxylic acids is 1. The van der Waals surface area contributed by atoms with Gasteiger partial charge >= 0.3 is 0 Å². The Kier molecular flexibility index (Phi) is 3.83. The van der Waals surface area contributed by atoms with Crippen LogP contribution in [0.1, 0.15) is 21.7 Å². The van der Waals surface area contributed by atoms with Gasteiger partial charge in [-0.3, -0.25) is 4.79 Å². The summed E-state index contributed by atoms with van der Waals surface area (Å²) in [5.41, 5.74) is 2.69. The van der Waals surface area contributed by atoms with Crippen LogP contribution >= 0.6 is 0 Å². The van der Waals surface area contributed by atoms with E-state index in [2.05, 4.69) is 5.32 Å². The molecule has 0 atom stereocenters. The van der Waals surface area contributed by atoms with Crippen molar-refractivity contribution in [1.29, 1.82) is 0 Å². The van der Waals surface area contributed by atoms with Gasteiger partial charge in [0.15, 0.2) is 5.76 Å². The number of carbonyl (C=O) groups is 1. The van der Waals surface area contributed by atoms with Gasteiger partial charge in [0.2, 0.25) is 0 Å². The van der Waals surface area contributed by atoms with Crippen LogP contribution in [0.5, 0.6) is 5.75 Å². The van der Waals surface area contributed by atoms with Crippen molar-refractivity contribution in [3.8, 4) is 5.75 Å². The molecule has 3 rings (SSSR count). The number of furan rings is 1. The van der Waals surface area contributed by atoms with Crippen LogP contribution in [-0.4, -0.2) is 13.0 Å². The number of benzene rings is 2. The van der Waals surface area contributed by atoms with Crippen LogP contribution in [0.25, 0.3) is 11.0 Å². The third-order valence-electron chi connectivity index (χ3n) is 3.60. The summed E-state index contributed by atoms with van der Waals surface area (Å²) in [4.78, 5) is 12.3. The Balaban J connectivity index is 1.77. The van der Waals surface area contributed by atoms with Crippen molar-refractivity contribution in [3.63, 3.8) is 0 Å². The normalized spacial score (nSPS) is 10.6. The molecule has 1 amide bonds. The Morgan fingerprint density at radius 3 is 2.77 bits per heavy atom. The van der Waals surface area contributed by atoms with E-state index in [-0.39, 0.29) is 5.91 Å². The van der Waals surface area contributed by atoms with Crippen molar-refractivity contribution in [2.24, 2.45) is 0 Å². The third-order valence-corrected chi connectivity index (χ3v) is 3.60. The van der Waals surface area contributed by atoms with Crippen LogP contribution in [0, 0.1) is 6.92 Å². The lowest BCUT2D eigenvalue weighted by Gasteiger charge is -2.08. The van der Waals surface area contributed by atoms with Gasteiger partial charge in [-0.1, -0.05) is 36.4 Å². The zero-order valence-electron chi connectivity index (χ0n) is 12.6. The molecule has 1 N–H and O–H groups in total. The first-order chi connectivity index (χ1) is 10.7. The van der Waals surface area contributed by atoms with E-state index in [4.69, 9.17) is 9.15 Å². The van der Waals surface area contributed by atoms with Gasteiger partial charge in [-0.05, 0) is 24.6 Å². The second kappa shape index (κ2) is 5.93. The second-order valence-corrected chi connectivity index (χ2v) is 5.10. The highest BCUT2D eigenvalue weighted by molar-refractivity contribution is 5.96. The number of hydrogen-bond donors (Lipinski definition) is 1. The highest BCUT2D eigenvalue weighted by atomic mass is 16.5. The number of methoxy groups -OCH3 is 1. The number of amides is 1. The Morgan fingerprint density at radius 1 is 1.18 bits per heavy atom. The lowest BCUT2D eigenvalue weighted by Crippen LogP contribution is -2.22. The van der Waals surface area contributed by atoms with Crippen LogP contribution in [-0.2, 0) is 6.54 Å². The summed E-state index contributed by atoms with van der Waals surface area (Å²) in [6.45, 7) is 2.35. The van der Waals surface area contributed by atoms with Crippen molar-refractivity contribution in [1.82, 2.24) is 5.32 Å². The SMILES string of the molecule is COc1ccccc1CNC(=O)c1cc2cccc(C)c2o1. The molecule has 0 aliphatic carbocycles. The molecule has 0 aliphatic heterocycles. The molecule has 4 nitrogen and oxygen atoms in total. The number of hydrogen-bond acceptors (Lipinski definition) is 3. The number of ether oxygens (including phenoxy) is 1. The summed E-state index contributed by atoms with van der Waals surface area (Å²) >= 11 is 0. The molecule has 1 aromatic heterocycles. The molecule has 112 valence electrons. The van der Waals surface area contributed by atoms with Gasteiger partial charge < -0.3 is 14.5 Å². The van der Waals surface area contributed by atoms with Crippen molar-refractivity contribution in [2.45, 2.75) is 13.5 Å². The Hall–Kier alpha value is -2.75. The lowest BCUT2D eigenvalue weighted by atomic mass is 10.2. The minimum absolute atomic E-state index is 0.235. The first kappa shape index (κ1) is 14.2. The summed E-state index contributed by atoms with van der Waals surface area (Å²) in [7, 11) is 1.61. The summed E-state index contributed by atoms with van der Waals surface area (Å²) in [6.07, 6.45) is 0. The predicted octanol–water partition coefficient (Wildman–Crippen LogP) is 3.68. The molecule has 2 aromatic carbocycles. The predicted molar refractivity (Wildman–Crippen MR) is 85.1 cm³/mol. The van der Waals surface area contributed by atoms with E-state index in [1.54, 1.807) is 13.2 Å². The molecule has 0 radical (unpaired) electrons. The second-order valence-electron chi connectivity index (χ2n) is 5.10. The molecular weight excluding hydrogens is 278 g/mol. The van der Waals surface area contributed by atoms with Crippen LogP contribution < -0.4 is 10.1 Å². The van der Waals surface area contributed by atoms with Crippen molar-refractivity contribution >= 4 is 16.9 Å². The van der Waals surface area contributed by atoms with Crippen LogP contribution in [0.2, 0.25) is 0 Å². The third kappa shape index (κ3) is 2.68. The molecule has 0 saturated carbocycles. The Bertz CT molecular complexity index is 820. The maximum absolute atomic E-state index is 12.3. The Morgan fingerprint density at radius 2 is 2.00 bits per heavy atom. The Labute approximate surface area is 128 Å². The highest BCUT2D eigenvalue weighted by Crippen LogP contribution is 2.23. The molecule has 3 aromatic rings. The minimum Gasteiger partial charge on any atom is -0.496 e. The number of aryl methyl sites for hydroxylation is 1. The monoisotopic (exact) mass is 295 g/mol. The molecule has 4 heteroatoms. The van der Waals surface area contributed by atoms with Gasteiger partial charge in [-0.2, -0.15) is 0 Å². The number of nitrogens with one attached hydrogen (secondary N) is 1. The van der Waals surface area contributed by atoms with E-state index in [0.29, 0.717) is 12.3 Å². The largest absolute Gasteiger partial charge is 0.496 e. The van der Waals surface area contributed by atoms with Crippen molar-refractivity contribution in [3.05, 3.63) is 65.4 Å². The van der Waals surface area contributed by atoms with E-state index in [9.17, 15) is 4.79 Å². The van der Waals surface area contributed by atoms with Gasteiger partial charge in [0.25, 0.3) is 5.91 Å². The van der Waals surface area contributed by atoms with Gasteiger partial charge in [0, 0.05) is 17.5 Å². The van der Waals surface area contributed by atoms with Gasteiger partial charge in [-0.15, -0.1) is 0 Å². The van der Waals surface area contributed by atoms with E-state index < -0.39 is 0 Å². The van der Waals surface area contributed by atoms with Crippen LogP contribution in [0.4, 0.5) is 0 Å². The molecule has 1 heterocycles. The molecule has 0 spiro atoms. The first-order valence-electron chi connectivity index (χ1n) is 7.08. The molecule has 0 aliphatic rings. The summed E-state index contributed by atoms with van der Waals surface area (Å²) in [5, 5.41) is 3.79. The average Bonchev–Trinajstić information content (AvgIpc) is 2.98. The van der Waals surface area contributed by atoms with E-state index in [1.807, 2.05) is 49.4 Å². The standard InChI is InChI=1S/C18H17NO3/c1-12-6-5-8-13-10-16(22-17(12)13)18(20)19-11-14-7-3-4-9-15(14)21-2/h3-10H,11H2,1-2H3,(H,19,20). The highest BCUT2D eigenvalue weighted by Gasteiger charge is 2.13. The minimum atomic E-state index is -0.235. The average molecular weight is 295 g/mol. The summed E-state index contributed by atoms with van der Waals surface area (Å²) in [5.74, 6) is 0.837. The maximum Gasteiger partial charge on any atom is 0.287 e. The number of para-hydroxylation sites is 2. The molecule has 0 saturated heterocycles. The van der Waals surface area contributed by atoms with E-state index in [0.717, 1.165) is 27.8 Å². The fourth-order valence-corrected chi connectivity index (χ4v) is 2.43. The number of rotatable bonds is 4. The van der Waals surface area contributed by atoms with Gasteiger partial charge in [0.05, 0.1) is 7.11 Å². The topological polar surface area (TPSA) is 51.5 Å². The van der Waals surface area contributed by atoms with Crippen LogP contribution in [0.3, 0.4) is 0 Å². The first-order valence-corrected chi connectivity index (χ1v) is 7.08. The zero-order chi connectivity index (χ0) is 15.5. The van der Waals surface area contributed by atoms with Crippen molar-refractivity contribution in [2.75, 3.05) is 7.11 Å². The quantitative estimate of drug-likeness (QED) is 0.799. The van der Waals surface area contributed by atoms with Crippen LogP contribution in [0.15, 0.2) is 52.9 Å².